The number of unbranched alkanes of at least 4 members (excludes halogenated alkanes) is 1. The minimum absolute atomic E-state index is 0.0251. The number of hydrogen-bond acceptors (Lipinski definition) is 3. The predicted octanol–water partition coefficient (Wildman–Crippen LogP) is 4.66. The van der Waals surface area contributed by atoms with Gasteiger partial charge < -0.3 is 14.0 Å². The number of pyridine rings is 1. The van der Waals surface area contributed by atoms with Crippen LogP contribution in [0, 0.1) is 20.8 Å². The van der Waals surface area contributed by atoms with Gasteiger partial charge >= 0.3 is 0 Å². The minimum Gasteiger partial charge on any atom is -0.353 e. The van der Waals surface area contributed by atoms with E-state index in [0.29, 0.717) is 0 Å². The number of rotatable bonds is 7. The van der Waals surface area contributed by atoms with Crippen LogP contribution in [0.3, 0.4) is 0 Å². The topological polar surface area (TPSA) is 36.3 Å². The first-order chi connectivity index (χ1) is 12.1. The van der Waals surface area contributed by atoms with Crippen molar-refractivity contribution in [2.24, 2.45) is 0 Å². The van der Waals surface area contributed by atoms with Gasteiger partial charge in [0, 0.05) is 30.3 Å². The number of hydrogen-bond donors (Lipinski definition) is 0. The minimum atomic E-state index is 0.0251. The van der Waals surface area contributed by atoms with Crippen molar-refractivity contribution in [1.82, 2.24) is 9.55 Å². The summed E-state index contributed by atoms with van der Waals surface area (Å²) in [5.41, 5.74) is 4.88. The summed E-state index contributed by atoms with van der Waals surface area (Å²) in [5, 5.41) is 0. The first-order valence-corrected chi connectivity index (χ1v) is 9.49. The molecule has 1 atom stereocenters. The van der Waals surface area contributed by atoms with Gasteiger partial charge in [0.25, 0.3) is 0 Å². The zero-order valence-corrected chi connectivity index (χ0v) is 15.8. The van der Waals surface area contributed by atoms with Crippen LogP contribution in [-0.2, 0) is 15.9 Å². The van der Waals surface area contributed by atoms with Crippen LogP contribution in [0.2, 0.25) is 0 Å². The summed E-state index contributed by atoms with van der Waals surface area (Å²) in [4.78, 5) is 4.88. The number of aromatic nitrogens is 2. The smallest absolute Gasteiger partial charge is 0.157 e. The van der Waals surface area contributed by atoms with Crippen molar-refractivity contribution in [3.8, 4) is 5.82 Å². The van der Waals surface area contributed by atoms with Crippen molar-refractivity contribution < 1.29 is 9.47 Å². The van der Waals surface area contributed by atoms with E-state index >= 15 is 0 Å². The Kier molecular flexibility index (Phi) is 6.27. The quantitative estimate of drug-likeness (QED) is 0.686. The molecule has 0 saturated carbocycles. The fourth-order valence-electron chi connectivity index (χ4n) is 3.46. The van der Waals surface area contributed by atoms with Crippen molar-refractivity contribution in [1.29, 1.82) is 0 Å². The third-order valence-electron chi connectivity index (χ3n) is 4.78. The SMILES string of the molecule is Cc1cc(CCCCOC2CCCCO2)nc(-n2c(C)ccc2C)c1. The van der Waals surface area contributed by atoms with E-state index in [1.54, 1.807) is 0 Å². The van der Waals surface area contributed by atoms with E-state index in [1.807, 2.05) is 0 Å². The summed E-state index contributed by atoms with van der Waals surface area (Å²) in [5.74, 6) is 1.03. The Bertz CT molecular complexity index is 668. The van der Waals surface area contributed by atoms with Crippen LogP contribution >= 0.6 is 0 Å². The second kappa shape index (κ2) is 8.63. The molecular formula is C21H30N2O2. The highest BCUT2D eigenvalue weighted by molar-refractivity contribution is 5.35. The molecule has 0 aliphatic carbocycles. The average molecular weight is 342 g/mol. The van der Waals surface area contributed by atoms with E-state index in [0.717, 1.165) is 50.4 Å². The van der Waals surface area contributed by atoms with Crippen LogP contribution in [0.5, 0.6) is 0 Å². The van der Waals surface area contributed by atoms with Gasteiger partial charge in [-0.25, -0.2) is 4.98 Å². The molecule has 1 aliphatic heterocycles. The van der Waals surface area contributed by atoms with E-state index in [4.69, 9.17) is 14.5 Å². The van der Waals surface area contributed by atoms with E-state index in [-0.39, 0.29) is 6.29 Å². The summed E-state index contributed by atoms with van der Waals surface area (Å²) in [6, 6.07) is 8.64. The fourth-order valence-corrected chi connectivity index (χ4v) is 3.46. The second-order valence-electron chi connectivity index (χ2n) is 7.07. The molecule has 1 saturated heterocycles. The monoisotopic (exact) mass is 342 g/mol. The van der Waals surface area contributed by atoms with Crippen molar-refractivity contribution in [2.45, 2.75) is 65.6 Å². The van der Waals surface area contributed by atoms with E-state index in [9.17, 15) is 0 Å². The summed E-state index contributed by atoms with van der Waals surface area (Å²) < 4.78 is 13.6. The van der Waals surface area contributed by atoms with Gasteiger partial charge in [-0.3, -0.25) is 0 Å². The summed E-state index contributed by atoms with van der Waals surface area (Å²) >= 11 is 0. The van der Waals surface area contributed by atoms with Crippen molar-refractivity contribution in [2.75, 3.05) is 13.2 Å². The molecule has 1 aliphatic rings. The Morgan fingerprint density at radius 3 is 2.64 bits per heavy atom. The second-order valence-corrected chi connectivity index (χ2v) is 7.07. The molecule has 0 aromatic carbocycles. The Balaban J connectivity index is 1.52. The molecule has 0 amide bonds. The third-order valence-corrected chi connectivity index (χ3v) is 4.78. The van der Waals surface area contributed by atoms with Gasteiger partial charge in [0.05, 0.1) is 0 Å². The van der Waals surface area contributed by atoms with Crippen LogP contribution < -0.4 is 0 Å². The van der Waals surface area contributed by atoms with Crippen molar-refractivity contribution in [3.63, 3.8) is 0 Å². The molecule has 4 nitrogen and oxygen atoms in total. The molecule has 0 bridgehead atoms. The fraction of sp³-hybridized carbons (Fsp3) is 0.571. The maximum atomic E-state index is 5.81. The lowest BCUT2D eigenvalue weighted by atomic mass is 10.1. The van der Waals surface area contributed by atoms with Crippen LogP contribution in [0.25, 0.3) is 5.82 Å². The maximum absolute atomic E-state index is 5.81. The van der Waals surface area contributed by atoms with Crippen molar-refractivity contribution >= 4 is 0 Å². The lowest BCUT2D eigenvalue weighted by molar-refractivity contribution is -0.162. The van der Waals surface area contributed by atoms with Gasteiger partial charge in [-0.1, -0.05) is 0 Å². The van der Waals surface area contributed by atoms with Crippen LogP contribution in [0.1, 0.15) is 54.7 Å². The third kappa shape index (κ3) is 4.93. The lowest BCUT2D eigenvalue weighted by Gasteiger charge is -2.22. The van der Waals surface area contributed by atoms with Crippen LogP contribution in [0.4, 0.5) is 0 Å². The normalized spacial score (nSPS) is 17.8. The molecule has 0 spiro atoms. The van der Waals surface area contributed by atoms with Gasteiger partial charge in [-0.15, -0.1) is 0 Å². The summed E-state index contributed by atoms with van der Waals surface area (Å²) in [7, 11) is 0. The zero-order chi connectivity index (χ0) is 17.6. The molecule has 0 N–H and O–H groups in total. The van der Waals surface area contributed by atoms with Crippen molar-refractivity contribution in [3.05, 3.63) is 46.9 Å². The van der Waals surface area contributed by atoms with Gasteiger partial charge in [-0.2, -0.15) is 0 Å². The van der Waals surface area contributed by atoms with Gasteiger partial charge in [0.1, 0.15) is 5.82 Å². The van der Waals surface area contributed by atoms with Gasteiger partial charge in [0.2, 0.25) is 0 Å². The molecule has 0 radical (unpaired) electrons. The number of nitrogens with zero attached hydrogens (tertiary/aromatic N) is 2. The molecule has 2 aromatic rings. The van der Waals surface area contributed by atoms with Gasteiger partial charge in [-0.05, 0) is 89.1 Å². The lowest BCUT2D eigenvalue weighted by Crippen LogP contribution is -2.22. The van der Waals surface area contributed by atoms with E-state index < -0.39 is 0 Å². The first-order valence-electron chi connectivity index (χ1n) is 9.49. The molecule has 3 rings (SSSR count). The molecule has 1 fully saturated rings. The van der Waals surface area contributed by atoms with E-state index in [2.05, 4.69) is 49.6 Å². The molecule has 25 heavy (non-hydrogen) atoms. The largest absolute Gasteiger partial charge is 0.353 e. The standard InChI is InChI=1S/C21H30N2O2/c1-16-14-19(8-4-6-12-24-21-9-5-7-13-25-21)22-20(15-16)23-17(2)10-11-18(23)3/h10-11,14-15,21H,4-9,12-13H2,1-3H3. The summed E-state index contributed by atoms with van der Waals surface area (Å²) in [6.45, 7) is 8.02. The highest BCUT2D eigenvalue weighted by Gasteiger charge is 2.13. The Morgan fingerprint density at radius 2 is 1.92 bits per heavy atom. The molecule has 2 aromatic heterocycles. The number of ether oxygens (including phenoxy) is 2. The van der Waals surface area contributed by atoms with E-state index in [1.165, 1.54) is 29.8 Å². The summed E-state index contributed by atoms with van der Waals surface area (Å²) in [6.07, 6.45) is 6.58. The average Bonchev–Trinajstić information content (AvgIpc) is 2.93. The molecule has 1 unspecified atom stereocenters. The van der Waals surface area contributed by atoms with Crippen LogP contribution in [-0.4, -0.2) is 29.1 Å². The highest BCUT2D eigenvalue weighted by atomic mass is 16.7. The maximum Gasteiger partial charge on any atom is 0.157 e. The molecule has 4 heteroatoms. The highest BCUT2D eigenvalue weighted by Crippen LogP contribution is 2.18. The predicted molar refractivity (Wildman–Crippen MR) is 100 cm³/mol. The number of aryl methyl sites for hydroxylation is 4. The Morgan fingerprint density at radius 1 is 1.12 bits per heavy atom. The zero-order valence-electron chi connectivity index (χ0n) is 15.8. The Hall–Kier alpha value is -1.65. The molecule has 3 heterocycles. The van der Waals surface area contributed by atoms with Crippen LogP contribution in [0.15, 0.2) is 24.3 Å². The molecular weight excluding hydrogens is 312 g/mol. The molecule has 136 valence electrons. The first kappa shape index (κ1) is 18.2. The van der Waals surface area contributed by atoms with Gasteiger partial charge in [0.15, 0.2) is 6.29 Å². The Labute approximate surface area is 151 Å².